The molecule has 1 aromatic carbocycles. The van der Waals surface area contributed by atoms with Gasteiger partial charge in [0.2, 0.25) is 0 Å². The molecule has 0 aliphatic carbocycles. The van der Waals surface area contributed by atoms with E-state index in [1.165, 1.54) is 7.11 Å². The lowest BCUT2D eigenvalue weighted by atomic mass is 9.82. The Bertz CT molecular complexity index is 605. The highest BCUT2D eigenvalue weighted by molar-refractivity contribution is 6.31. The Morgan fingerprint density at radius 3 is 2.55 bits per heavy atom. The van der Waals surface area contributed by atoms with Gasteiger partial charge in [0.15, 0.2) is 0 Å². The van der Waals surface area contributed by atoms with Crippen molar-refractivity contribution in [2.45, 2.75) is 12.8 Å². The van der Waals surface area contributed by atoms with Crippen LogP contribution in [-0.2, 0) is 14.3 Å². The number of benzene rings is 1. The van der Waals surface area contributed by atoms with E-state index in [-0.39, 0.29) is 5.16 Å². The number of hydrogen-bond acceptors (Lipinski definition) is 4. The first-order valence-corrected chi connectivity index (χ1v) is 6.43. The average Bonchev–Trinajstić information content (AvgIpc) is 2.46. The summed E-state index contributed by atoms with van der Waals surface area (Å²) in [4.78, 5) is 23.4. The number of carbonyl (C=O) groups excluding carboxylic acids is 2. The van der Waals surface area contributed by atoms with Crippen molar-refractivity contribution in [2.75, 3.05) is 7.11 Å². The Kier molecular flexibility index (Phi) is 4.25. The predicted octanol–water partition coefficient (Wildman–Crippen LogP) is 2.47. The van der Waals surface area contributed by atoms with Crippen LogP contribution >= 0.6 is 11.6 Å². The summed E-state index contributed by atoms with van der Waals surface area (Å²) in [6.07, 6.45) is 0.669. The zero-order valence-electron chi connectivity index (χ0n) is 11.1. The molecule has 1 aromatic rings. The molecule has 0 fully saturated rings. The molecular formula is C15H14ClNO3. The molecule has 0 aromatic heterocycles. The van der Waals surface area contributed by atoms with Crippen molar-refractivity contribution in [3.8, 4) is 0 Å². The summed E-state index contributed by atoms with van der Waals surface area (Å²) in [7, 11) is 1.31. The third-order valence-electron chi connectivity index (χ3n) is 3.22. The number of ether oxygens (including phenoxy) is 1. The minimum Gasteiger partial charge on any atom is -0.466 e. The van der Waals surface area contributed by atoms with Gasteiger partial charge in [-0.1, -0.05) is 41.9 Å². The van der Waals surface area contributed by atoms with Gasteiger partial charge >= 0.3 is 5.97 Å². The predicted molar refractivity (Wildman–Crippen MR) is 76.0 cm³/mol. The third-order valence-corrected chi connectivity index (χ3v) is 3.53. The van der Waals surface area contributed by atoms with E-state index >= 15 is 0 Å². The summed E-state index contributed by atoms with van der Waals surface area (Å²) < 4.78 is 4.82. The van der Waals surface area contributed by atoms with E-state index in [1.54, 1.807) is 6.92 Å². The van der Waals surface area contributed by atoms with E-state index in [4.69, 9.17) is 16.3 Å². The molecule has 1 N–H and O–H groups in total. The fraction of sp³-hybridized carbons (Fsp3) is 0.200. The summed E-state index contributed by atoms with van der Waals surface area (Å²) in [6.45, 7) is 1.73. The van der Waals surface area contributed by atoms with Crippen LogP contribution in [0.4, 0.5) is 0 Å². The van der Waals surface area contributed by atoms with Crippen molar-refractivity contribution in [1.82, 2.24) is 5.32 Å². The van der Waals surface area contributed by atoms with Gasteiger partial charge < -0.3 is 10.1 Å². The zero-order valence-corrected chi connectivity index (χ0v) is 11.9. The van der Waals surface area contributed by atoms with Gasteiger partial charge in [-0.15, -0.1) is 0 Å². The zero-order chi connectivity index (χ0) is 14.7. The number of hydrogen-bond donors (Lipinski definition) is 1. The SMILES string of the molecule is COC(=O)C1=C(C)NC(Cl)=C(C=O)C1c1ccccc1. The summed E-state index contributed by atoms with van der Waals surface area (Å²) in [5.41, 5.74) is 2.12. The summed E-state index contributed by atoms with van der Waals surface area (Å²) in [6, 6.07) is 9.25. The monoisotopic (exact) mass is 291 g/mol. The molecule has 0 saturated heterocycles. The maximum Gasteiger partial charge on any atom is 0.336 e. The number of aldehydes is 1. The Labute approximate surface area is 122 Å². The van der Waals surface area contributed by atoms with Gasteiger partial charge in [0.05, 0.1) is 12.7 Å². The van der Waals surface area contributed by atoms with Crippen LogP contribution in [0.25, 0.3) is 0 Å². The third kappa shape index (κ3) is 2.47. The minimum absolute atomic E-state index is 0.235. The molecule has 104 valence electrons. The highest BCUT2D eigenvalue weighted by atomic mass is 35.5. The molecule has 1 atom stereocenters. The summed E-state index contributed by atoms with van der Waals surface area (Å²) in [5.74, 6) is -0.998. The maximum absolute atomic E-state index is 12.0. The number of halogens is 1. The van der Waals surface area contributed by atoms with Gasteiger partial charge in [0.25, 0.3) is 0 Å². The first-order chi connectivity index (χ1) is 9.60. The average molecular weight is 292 g/mol. The van der Waals surface area contributed by atoms with E-state index in [9.17, 15) is 9.59 Å². The van der Waals surface area contributed by atoms with E-state index < -0.39 is 11.9 Å². The van der Waals surface area contributed by atoms with Crippen molar-refractivity contribution < 1.29 is 14.3 Å². The van der Waals surface area contributed by atoms with Crippen LogP contribution in [0, 0.1) is 0 Å². The standard InChI is InChI=1S/C15H14ClNO3/c1-9-12(15(19)20-2)13(10-6-4-3-5-7-10)11(8-18)14(16)17-9/h3-8,13,17H,1-2H3. The molecule has 0 saturated carbocycles. The fourth-order valence-corrected chi connectivity index (χ4v) is 2.59. The Morgan fingerprint density at radius 2 is 2.00 bits per heavy atom. The second-order valence-electron chi connectivity index (χ2n) is 4.39. The van der Waals surface area contributed by atoms with Gasteiger partial charge in [-0.05, 0) is 12.5 Å². The molecule has 0 amide bonds. The van der Waals surface area contributed by atoms with Crippen LogP contribution in [0.5, 0.6) is 0 Å². The van der Waals surface area contributed by atoms with Crippen molar-refractivity contribution >= 4 is 23.9 Å². The van der Waals surface area contributed by atoms with Crippen LogP contribution in [0.2, 0.25) is 0 Å². The topological polar surface area (TPSA) is 55.4 Å². The van der Waals surface area contributed by atoms with Crippen molar-refractivity contribution in [3.05, 3.63) is 57.9 Å². The number of dihydropyridines is 1. The number of methoxy groups -OCH3 is 1. The van der Waals surface area contributed by atoms with Crippen molar-refractivity contribution in [3.63, 3.8) is 0 Å². The lowest BCUT2D eigenvalue weighted by Gasteiger charge is -2.27. The fourth-order valence-electron chi connectivity index (χ4n) is 2.30. The number of esters is 1. The number of rotatable bonds is 3. The summed E-state index contributed by atoms with van der Waals surface area (Å²) >= 11 is 6.09. The maximum atomic E-state index is 12.0. The highest BCUT2D eigenvalue weighted by Crippen LogP contribution is 2.38. The summed E-state index contributed by atoms with van der Waals surface area (Å²) in [5, 5.41) is 3.07. The van der Waals surface area contributed by atoms with Gasteiger partial charge in [0, 0.05) is 17.2 Å². The van der Waals surface area contributed by atoms with E-state index in [0.29, 0.717) is 23.1 Å². The molecule has 0 spiro atoms. The number of carbonyl (C=O) groups is 2. The van der Waals surface area contributed by atoms with Crippen LogP contribution in [-0.4, -0.2) is 19.4 Å². The first kappa shape index (κ1) is 14.3. The van der Waals surface area contributed by atoms with Crippen LogP contribution in [0.15, 0.2) is 52.3 Å². The van der Waals surface area contributed by atoms with E-state index in [1.807, 2.05) is 30.3 Å². The number of nitrogens with one attached hydrogen (secondary N) is 1. The molecule has 0 bridgehead atoms. The second kappa shape index (κ2) is 5.92. The highest BCUT2D eigenvalue weighted by Gasteiger charge is 2.34. The van der Waals surface area contributed by atoms with Crippen LogP contribution in [0.1, 0.15) is 18.4 Å². The molecule has 20 heavy (non-hydrogen) atoms. The van der Waals surface area contributed by atoms with Gasteiger partial charge in [-0.2, -0.15) is 0 Å². The largest absolute Gasteiger partial charge is 0.466 e. The normalized spacial score (nSPS) is 18.6. The second-order valence-corrected chi connectivity index (χ2v) is 4.76. The quantitative estimate of drug-likeness (QED) is 0.528. The lowest BCUT2D eigenvalue weighted by molar-refractivity contribution is -0.136. The van der Waals surface area contributed by atoms with Crippen molar-refractivity contribution in [2.24, 2.45) is 0 Å². The van der Waals surface area contributed by atoms with Crippen molar-refractivity contribution in [1.29, 1.82) is 0 Å². The molecule has 5 heteroatoms. The van der Waals surface area contributed by atoms with E-state index in [0.717, 1.165) is 5.56 Å². The number of allylic oxidation sites excluding steroid dienone is 2. The Morgan fingerprint density at radius 1 is 1.35 bits per heavy atom. The van der Waals surface area contributed by atoms with Gasteiger partial charge in [0.1, 0.15) is 11.4 Å². The molecule has 4 nitrogen and oxygen atoms in total. The first-order valence-electron chi connectivity index (χ1n) is 6.06. The molecule has 1 unspecified atom stereocenters. The smallest absolute Gasteiger partial charge is 0.336 e. The minimum atomic E-state index is -0.519. The molecule has 1 aliphatic rings. The lowest BCUT2D eigenvalue weighted by Crippen LogP contribution is -2.28. The Balaban J connectivity index is 2.62. The molecular weight excluding hydrogens is 278 g/mol. The molecule has 2 rings (SSSR count). The molecule has 1 aliphatic heterocycles. The van der Waals surface area contributed by atoms with Gasteiger partial charge in [-0.25, -0.2) is 4.79 Å². The van der Waals surface area contributed by atoms with Crippen LogP contribution in [0.3, 0.4) is 0 Å². The molecule has 0 radical (unpaired) electrons. The van der Waals surface area contributed by atoms with E-state index in [2.05, 4.69) is 5.32 Å². The van der Waals surface area contributed by atoms with Crippen LogP contribution < -0.4 is 5.32 Å². The van der Waals surface area contributed by atoms with Gasteiger partial charge in [-0.3, -0.25) is 4.79 Å². The molecule has 1 heterocycles. The Hall–Kier alpha value is -2.07.